The van der Waals surface area contributed by atoms with Crippen molar-refractivity contribution >= 4 is 35.4 Å². The maximum Gasteiger partial charge on any atom is 0.408 e. The Labute approximate surface area is 242 Å². The van der Waals surface area contributed by atoms with Crippen LogP contribution in [0.15, 0.2) is 42.5 Å². The number of thioether (sulfide) groups is 1. The minimum absolute atomic E-state index is 0.115. The molecule has 218 valence electrons. The zero-order valence-corrected chi connectivity index (χ0v) is 25.5. The third-order valence-corrected chi connectivity index (χ3v) is 7.67. The monoisotopic (exact) mass is 569 g/mol. The van der Waals surface area contributed by atoms with Gasteiger partial charge in [-0.05, 0) is 113 Å². The molecule has 0 heterocycles. The number of hydrogen-bond acceptors (Lipinski definition) is 6. The van der Waals surface area contributed by atoms with Crippen LogP contribution < -0.4 is 15.4 Å². The molecule has 0 aromatic heterocycles. The molecule has 2 aromatic rings. The first-order valence-electron chi connectivity index (χ1n) is 13.8. The summed E-state index contributed by atoms with van der Waals surface area (Å²) < 4.78 is 10.7. The summed E-state index contributed by atoms with van der Waals surface area (Å²) in [6.45, 7) is 9.28. The molecule has 1 fully saturated rings. The maximum atomic E-state index is 14.4. The molecule has 0 spiro atoms. The number of aryl methyl sites for hydroxylation is 2. The smallest absolute Gasteiger partial charge is 0.408 e. The second kappa shape index (κ2) is 13.9. The van der Waals surface area contributed by atoms with E-state index in [1.807, 2.05) is 38.3 Å². The molecule has 40 heavy (non-hydrogen) atoms. The van der Waals surface area contributed by atoms with Crippen molar-refractivity contribution in [1.29, 1.82) is 0 Å². The summed E-state index contributed by atoms with van der Waals surface area (Å²) in [6, 6.07) is 11.2. The Morgan fingerprint density at radius 2 is 1.68 bits per heavy atom. The summed E-state index contributed by atoms with van der Waals surface area (Å²) in [4.78, 5) is 43.1. The first kappa shape index (κ1) is 31.3. The van der Waals surface area contributed by atoms with Crippen molar-refractivity contribution in [3.63, 3.8) is 0 Å². The normalized spacial score (nSPS) is 14.9. The zero-order chi connectivity index (χ0) is 29.4. The third kappa shape index (κ3) is 8.16. The highest BCUT2D eigenvalue weighted by Gasteiger charge is 2.42. The second-order valence-electron chi connectivity index (χ2n) is 11.2. The van der Waals surface area contributed by atoms with Crippen molar-refractivity contribution in [2.75, 3.05) is 24.4 Å². The van der Waals surface area contributed by atoms with Gasteiger partial charge in [-0.3, -0.25) is 9.59 Å². The molecule has 1 aliphatic carbocycles. The summed E-state index contributed by atoms with van der Waals surface area (Å²) in [5, 5.41) is 5.85. The average molecular weight is 570 g/mol. The zero-order valence-electron chi connectivity index (χ0n) is 24.7. The predicted octanol–water partition coefficient (Wildman–Crippen LogP) is 6.02. The number of benzene rings is 2. The van der Waals surface area contributed by atoms with E-state index in [-0.39, 0.29) is 17.9 Å². The van der Waals surface area contributed by atoms with Crippen LogP contribution in [-0.2, 0) is 14.3 Å². The molecule has 0 radical (unpaired) electrons. The molecule has 2 atom stereocenters. The predicted molar refractivity (Wildman–Crippen MR) is 161 cm³/mol. The highest BCUT2D eigenvalue weighted by atomic mass is 32.2. The highest BCUT2D eigenvalue weighted by molar-refractivity contribution is 7.98. The number of ether oxygens (including phenoxy) is 2. The Hall–Kier alpha value is -3.20. The third-order valence-electron chi connectivity index (χ3n) is 7.02. The van der Waals surface area contributed by atoms with E-state index < -0.39 is 23.8 Å². The number of rotatable bonds is 11. The van der Waals surface area contributed by atoms with Crippen LogP contribution in [0.2, 0.25) is 0 Å². The van der Waals surface area contributed by atoms with Gasteiger partial charge in [0.05, 0.1) is 7.11 Å². The molecule has 9 heteroatoms. The maximum absolute atomic E-state index is 14.4. The molecule has 1 saturated carbocycles. The highest BCUT2D eigenvalue weighted by Crippen LogP contribution is 2.37. The fraction of sp³-hybridized carbons (Fsp3) is 0.516. The van der Waals surface area contributed by atoms with Gasteiger partial charge >= 0.3 is 6.09 Å². The quantitative estimate of drug-likeness (QED) is 0.344. The summed E-state index contributed by atoms with van der Waals surface area (Å²) in [5.74, 6) is 0.767. The van der Waals surface area contributed by atoms with E-state index in [1.165, 1.54) is 0 Å². The molecule has 3 rings (SSSR count). The van der Waals surface area contributed by atoms with Crippen LogP contribution in [0.25, 0.3) is 0 Å². The molecule has 1 aliphatic rings. The van der Waals surface area contributed by atoms with Gasteiger partial charge in [0.25, 0.3) is 5.91 Å². The van der Waals surface area contributed by atoms with Crippen molar-refractivity contribution in [1.82, 2.24) is 10.2 Å². The number of amides is 3. The van der Waals surface area contributed by atoms with E-state index in [2.05, 4.69) is 10.6 Å². The van der Waals surface area contributed by atoms with Crippen molar-refractivity contribution in [2.24, 2.45) is 0 Å². The molecule has 0 bridgehead atoms. The van der Waals surface area contributed by atoms with Gasteiger partial charge in [0.15, 0.2) is 0 Å². The lowest BCUT2D eigenvalue weighted by molar-refractivity contribution is -0.145. The van der Waals surface area contributed by atoms with Crippen molar-refractivity contribution < 1.29 is 23.9 Å². The Bertz CT molecular complexity index is 1150. The SMILES string of the molecule is COc1ccc(NC(=O)C(c2c(C)cccc2C)N(C(=O)C(CCSC)NC(=O)OC(C)(C)C)C2CCC2)cc1. The number of carbonyl (C=O) groups excluding carboxylic acids is 3. The number of methoxy groups -OCH3 is 1. The number of alkyl carbamates (subject to hydrolysis) is 1. The van der Waals surface area contributed by atoms with Crippen molar-refractivity contribution in [3.8, 4) is 5.75 Å². The van der Waals surface area contributed by atoms with Crippen LogP contribution >= 0.6 is 11.8 Å². The molecule has 2 unspecified atom stereocenters. The Morgan fingerprint density at radius 1 is 1.05 bits per heavy atom. The molecular weight excluding hydrogens is 526 g/mol. The Kier molecular flexibility index (Phi) is 10.9. The van der Waals surface area contributed by atoms with E-state index in [1.54, 1.807) is 68.8 Å². The van der Waals surface area contributed by atoms with Gasteiger partial charge < -0.3 is 25.0 Å². The number of hydrogen-bond donors (Lipinski definition) is 2. The lowest BCUT2D eigenvalue weighted by Gasteiger charge is -2.44. The molecule has 2 aromatic carbocycles. The first-order valence-corrected chi connectivity index (χ1v) is 15.2. The summed E-state index contributed by atoms with van der Waals surface area (Å²) >= 11 is 1.60. The lowest BCUT2D eigenvalue weighted by Crippen LogP contribution is -2.57. The molecule has 0 aliphatic heterocycles. The minimum Gasteiger partial charge on any atom is -0.497 e. The fourth-order valence-corrected chi connectivity index (χ4v) is 5.32. The number of nitrogens with one attached hydrogen (secondary N) is 2. The van der Waals surface area contributed by atoms with Crippen LogP contribution in [0.1, 0.15) is 69.2 Å². The molecule has 2 N–H and O–H groups in total. The van der Waals surface area contributed by atoms with Gasteiger partial charge in [0.1, 0.15) is 23.4 Å². The van der Waals surface area contributed by atoms with Gasteiger partial charge in [-0.25, -0.2) is 4.79 Å². The van der Waals surface area contributed by atoms with Crippen LogP contribution in [0.3, 0.4) is 0 Å². The first-order chi connectivity index (χ1) is 18.9. The van der Waals surface area contributed by atoms with Gasteiger partial charge in [0, 0.05) is 11.7 Å². The molecule has 3 amide bonds. The van der Waals surface area contributed by atoms with E-state index in [0.717, 1.165) is 36.0 Å². The van der Waals surface area contributed by atoms with E-state index in [0.29, 0.717) is 23.6 Å². The lowest BCUT2D eigenvalue weighted by atomic mass is 9.86. The number of anilines is 1. The second-order valence-corrected chi connectivity index (χ2v) is 12.2. The van der Waals surface area contributed by atoms with Gasteiger partial charge in [-0.2, -0.15) is 11.8 Å². The molecule has 0 saturated heterocycles. The standard InChI is InChI=1S/C31H43N3O5S/c1-20-10-8-11-21(2)26(20)27(28(35)32-22-14-16-24(38-6)17-15-22)34(23-12-9-13-23)29(36)25(18-19-40-7)33-30(37)39-31(3,4)5/h8,10-11,14-17,23,25,27H,9,12-13,18-19H2,1-7H3,(H,32,35)(H,33,37). The number of carbonyl (C=O) groups is 3. The van der Waals surface area contributed by atoms with Crippen LogP contribution in [0, 0.1) is 13.8 Å². The van der Waals surface area contributed by atoms with Crippen LogP contribution in [0.5, 0.6) is 5.75 Å². The topological polar surface area (TPSA) is 97.0 Å². The fourth-order valence-electron chi connectivity index (χ4n) is 4.85. The van der Waals surface area contributed by atoms with Gasteiger partial charge in [-0.15, -0.1) is 0 Å². The van der Waals surface area contributed by atoms with Crippen molar-refractivity contribution in [2.45, 2.75) is 84.0 Å². The average Bonchev–Trinajstić information content (AvgIpc) is 2.85. The number of nitrogens with zero attached hydrogens (tertiary/aromatic N) is 1. The Balaban J connectivity index is 2.04. The summed E-state index contributed by atoms with van der Waals surface area (Å²) in [7, 11) is 1.59. The van der Waals surface area contributed by atoms with Crippen LogP contribution in [-0.4, -0.2) is 59.6 Å². The molecular formula is C31H43N3O5S. The van der Waals surface area contributed by atoms with E-state index in [4.69, 9.17) is 9.47 Å². The summed E-state index contributed by atoms with van der Waals surface area (Å²) in [6.07, 6.45) is 4.30. The molecule has 8 nitrogen and oxygen atoms in total. The van der Waals surface area contributed by atoms with Gasteiger partial charge in [-0.1, -0.05) is 18.2 Å². The van der Waals surface area contributed by atoms with Gasteiger partial charge in [0.2, 0.25) is 5.91 Å². The Morgan fingerprint density at radius 3 is 2.17 bits per heavy atom. The van der Waals surface area contributed by atoms with E-state index in [9.17, 15) is 14.4 Å². The van der Waals surface area contributed by atoms with Crippen LogP contribution in [0.4, 0.5) is 10.5 Å². The van der Waals surface area contributed by atoms with E-state index >= 15 is 0 Å². The minimum atomic E-state index is -0.877. The van der Waals surface area contributed by atoms with Crippen molar-refractivity contribution in [3.05, 3.63) is 59.2 Å². The summed E-state index contributed by atoms with van der Waals surface area (Å²) in [5.41, 5.74) is 2.55. The largest absolute Gasteiger partial charge is 0.497 e.